The van der Waals surface area contributed by atoms with Crippen LogP contribution in [0, 0.1) is 5.92 Å². The van der Waals surface area contributed by atoms with Gasteiger partial charge in [0.25, 0.3) is 5.91 Å². The lowest BCUT2D eigenvalue weighted by atomic mass is 9.97. The van der Waals surface area contributed by atoms with Crippen molar-refractivity contribution in [1.82, 2.24) is 10.2 Å². The Morgan fingerprint density at radius 3 is 2.66 bits per heavy atom. The summed E-state index contributed by atoms with van der Waals surface area (Å²) in [6, 6.07) is 13.0. The van der Waals surface area contributed by atoms with E-state index in [-0.39, 0.29) is 23.5 Å². The van der Waals surface area contributed by atoms with E-state index in [9.17, 15) is 9.59 Å². The molecule has 1 N–H and O–H groups in total. The third kappa shape index (κ3) is 5.19. The topological polar surface area (TPSA) is 92.6 Å². The normalized spacial score (nSPS) is 17.2. The van der Waals surface area contributed by atoms with E-state index in [1.54, 1.807) is 14.2 Å². The van der Waals surface area contributed by atoms with Gasteiger partial charge in [0.15, 0.2) is 16.7 Å². The van der Waals surface area contributed by atoms with Crippen LogP contribution in [0.15, 0.2) is 52.4 Å². The molecule has 2 atom stereocenters. The molecule has 0 bridgehead atoms. The van der Waals surface area contributed by atoms with E-state index in [1.165, 1.54) is 11.8 Å². The fourth-order valence-electron chi connectivity index (χ4n) is 4.17. The lowest BCUT2D eigenvalue weighted by Crippen LogP contribution is -2.47. The molecule has 0 saturated carbocycles. The summed E-state index contributed by atoms with van der Waals surface area (Å²) in [7, 11) is 3.20. The van der Waals surface area contributed by atoms with E-state index in [1.807, 2.05) is 54.3 Å². The predicted molar refractivity (Wildman–Crippen MR) is 139 cm³/mol. The van der Waals surface area contributed by atoms with E-state index in [0.717, 1.165) is 23.2 Å². The van der Waals surface area contributed by atoms with Crippen LogP contribution in [-0.4, -0.2) is 60.3 Å². The van der Waals surface area contributed by atoms with Crippen LogP contribution in [0.1, 0.15) is 31.4 Å². The van der Waals surface area contributed by atoms with Crippen LogP contribution in [0.4, 0.5) is 5.69 Å². The van der Waals surface area contributed by atoms with E-state index in [4.69, 9.17) is 14.5 Å². The molecule has 8 nitrogen and oxygen atoms in total. The lowest BCUT2D eigenvalue weighted by molar-refractivity contribution is -0.121. The quantitative estimate of drug-likeness (QED) is 0.570. The van der Waals surface area contributed by atoms with E-state index in [0.29, 0.717) is 35.5 Å². The van der Waals surface area contributed by atoms with E-state index in [2.05, 4.69) is 17.2 Å². The zero-order chi connectivity index (χ0) is 24.9. The number of hydrogen-bond donors (Lipinski definition) is 1. The van der Waals surface area contributed by atoms with Gasteiger partial charge in [-0.2, -0.15) is 4.99 Å². The maximum Gasteiger partial charge on any atom is 0.271 e. The van der Waals surface area contributed by atoms with Crippen LogP contribution in [0.5, 0.6) is 11.5 Å². The zero-order valence-electron chi connectivity index (χ0n) is 20.4. The van der Waals surface area contributed by atoms with Gasteiger partial charge in [-0.05, 0) is 42.2 Å². The first-order valence-corrected chi connectivity index (χ1v) is 12.7. The van der Waals surface area contributed by atoms with Crippen molar-refractivity contribution in [1.29, 1.82) is 0 Å². The molecule has 0 aliphatic carbocycles. The van der Waals surface area contributed by atoms with Crippen molar-refractivity contribution >= 4 is 40.3 Å². The number of nitrogens with zero attached hydrogens (tertiary/aromatic N) is 3. The Bertz CT molecular complexity index is 1180. The number of amides is 2. The highest BCUT2D eigenvalue weighted by Gasteiger charge is 2.43. The highest BCUT2D eigenvalue weighted by molar-refractivity contribution is 8.14. The number of nitrogens with one attached hydrogen (secondary N) is 1. The smallest absolute Gasteiger partial charge is 0.271 e. The van der Waals surface area contributed by atoms with Gasteiger partial charge >= 0.3 is 0 Å². The summed E-state index contributed by atoms with van der Waals surface area (Å²) >= 11 is 1.33. The van der Waals surface area contributed by atoms with Crippen molar-refractivity contribution in [2.24, 2.45) is 15.9 Å². The minimum absolute atomic E-state index is 0.0962. The van der Waals surface area contributed by atoms with Crippen LogP contribution >= 0.6 is 11.8 Å². The Labute approximate surface area is 209 Å². The number of methoxy groups -OCH3 is 2. The van der Waals surface area contributed by atoms with E-state index >= 15 is 0 Å². The number of benzene rings is 2. The van der Waals surface area contributed by atoms with Crippen LogP contribution < -0.4 is 14.8 Å². The number of ether oxygens (including phenoxy) is 2. The molecule has 2 aromatic carbocycles. The molecule has 2 unspecified atom stereocenters. The van der Waals surface area contributed by atoms with Crippen molar-refractivity contribution < 1.29 is 19.1 Å². The molecule has 2 aliphatic heterocycles. The highest BCUT2D eigenvalue weighted by atomic mass is 32.2. The van der Waals surface area contributed by atoms with Crippen LogP contribution in [0.2, 0.25) is 0 Å². The standard InChI is InChI=1S/C26H30N4O4S/c1-5-16(2)23-25(32)29-24-18-8-6-7-9-19(18)28-26(30(23)24)35-15-22(31)27-13-12-17-10-11-20(33-3)21(14-17)34-4/h6-11,14,16,23H,5,12-13,15H2,1-4H3,(H,27,31). The van der Waals surface area contributed by atoms with Gasteiger partial charge in [-0.3, -0.25) is 14.5 Å². The number of aliphatic imine (C=N–C) groups is 2. The summed E-state index contributed by atoms with van der Waals surface area (Å²) in [5.74, 6) is 2.01. The van der Waals surface area contributed by atoms with Gasteiger partial charge in [0.05, 0.1) is 25.7 Å². The zero-order valence-corrected chi connectivity index (χ0v) is 21.2. The minimum atomic E-state index is -0.400. The third-order valence-corrected chi connectivity index (χ3v) is 7.19. The Morgan fingerprint density at radius 1 is 1.14 bits per heavy atom. The van der Waals surface area contributed by atoms with Crippen molar-refractivity contribution in [3.63, 3.8) is 0 Å². The third-order valence-electron chi connectivity index (χ3n) is 6.24. The average molecular weight is 495 g/mol. The highest BCUT2D eigenvalue weighted by Crippen LogP contribution is 2.36. The second-order valence-corrected chi connectivity index (χ2v) is 9.41. The van der Waals surface area contributed by atoms with Crippen molar-refractivity contribution in [2.75, 3.05) is 26.5 Å². The van der Waals surface area contributed by atoms with Crippen molar-refractivity contribution in [3.8, 4) is 11.5 Å². The van der Waals surface area contributed by atoms with Gasteiger partial charge < -0.3 is 14.8 Å². The number of carbonyl (C=O) groups excluding carboxylic acids is 2. The number of fused-ring (bicyclic) bond motifs is 3. The number of rotatable bonds is 9. The molecule has 0 aromatic heterocycles. The number of thioether (sulfide) groups is 1. The average Bonchev–Trinajstić information content (AvgIpc) is 3.23. The van der Waals surface area contributed by atoms with Gasteiger partial charge in [-0.1, -0.05) is 50.2 Å². The van der Waals surface area contributed by atoms with Crippen molar-refractivity contribution in [3.05, 3.63) is 53.6 Å². The summed E-state index contributed by atoms with van der Waals surface area (Å²) in [4.78, 5) is 36.5. The summed E-state index contributed by atoms with van der Waals surface area (Å²) in [5, 5.41) is 3.60. The molecular weight excluding hydrogens is 464 g/mol. The fraction of sp³-hybridized carbons (Fsp3) is 0.385. The molecule has 0 spiro atoms. The molecule has 9 heteroatoms. The van der Waals surface area contributed by atoms with E-state index < -0.39 is 6.04 Å². The largest absolute Gasteiger partial charge is 0.493 e. The summed E-state index contributed by atoms with van der Waals surface area (Å²) in [5.41, 5.74) is 2.64. The first-order chi connectivity index (χ1) is 17.0. The number of para-hydroxylation sites is 1. The molecular formula is C26H30N4O4S. The van der Waals surface area contributed by atoms with Crippen LogP contribution in [-0.2, 0) is 16.0 Å². The molecule has 0 fully saturated rings. The van der Waals surface area contributed by atoms with Gasteiger partial charge in [-0.15, -0.1) is 0 Å². The Morgan fingerprint density at radius 2 is 1.91 bits per heavy atom. The van der Waals surface area contributed by atoms with Gasteiger partial charge in [0.1, 0.15) is 11.9 Å². The molecule has 4 rings (SSSR count). The van der Waals surface area contributed by atoms with Gasteiger partial charge in [-0.25, -0.2) is 4.99 Å². The van der Waals surface area contributed by atoms with Crippen LogP contribution in [0.25, 0.3) is 0 Å². The summed E-state index contributed by atoms with van der Waals surface area (Å²) in [6.45, 7) is 4.60. The predicted octanol–water partition coefficient (Wildman–Crippen LogP) is 3.80. The Hall–Kier alpha value is -3.33. The maximum absolute atomic E-state index is 12.8. The SMILES string of the molecule is CCC(C)C1C(=O)N=C2c3ccccc3N=C(SCC(=O)NCCc3ccc(OC)c(OC)c3)N21. The number of amidine groups is 2. The molecule has 2 heterocycles. The fourth-order valence-corrected chi connectivity index (χ4v) is 5.03. The minimum Gasteiger partial charge on any atom is -0.493 e. The molecule has 2 amide bonds. The lowest BCUT2D eigenvalue weighted by Gasteiger charge is -2.33. The first-order valence-electron chi connectivity index (χ1n) is 11.7. The van der Waals surface area contributed by atoms with Gasteiger partial charge in [0, 0.05) is 12.1 Å². The molecule has 0 saturated heterocycles. The second-order valence-electron chi connectivity index (χ2n) is 8.46. The molecule has 2 aliphatic rings. The molecule has 35 heavy (non-hydrogen) atoms. The summed E-state index contributed by atoms with van der Waals surface area (Å²) in [6.07, 6.45) is 1.50. The number of carbonyl (C=O) groups is 2. The first kappa shape index (κ1) is 24.8. The van der Waals surface area contributed by atoms with Crippen molar-refractivity contribution in [2.45, 2.75) is 32.7 Å². The monoisotopic (exact) mass is 494 g/mol. The molecule has 2 aromatic rings. The Balaban J connectivity index is 1.41. The van der Waals surface area contributed by atoms with Crippen LogP contribution in [0.3, 0.4) is 0 Å². The number of hydrogen-bond acceptors (Lipinski definition) is 7. The molecule has 184 valence electrons. The summed E-state index contributed by atoms with van der Waals surface area (Å²) < 4.78 is 10.6. The second kappa shape index (κ2) is 10.9. The Kier molecular flexibility index (Phi) is 7.75. The maximum atomic E-state index is 12.8. The van der Waals surface area contributed by atoms with Gasteiger partial charge in [0.2, 0.25) is 5.91 Å². The molecule has 0 radical (unpaired) electrons.